The van der Waals surface area contributed by atoms with Gasteiger partial charge in [-0.2, -0.15) is 0 Å². The van der Waals surface area contributed by atoms with Crippen molar-refractivity contribution in [2.75, 3.05) is 0 Å². The molecule has 2 heteroatoms. The fourth-order valence-corrected chi connectivity index (χ4v) is 1.36. The first-order valence-corrected chi connectivity index (χ1v) is 8.04. The molecule has 22 heavy (non-hydrogen) atoms. The molecule has 0 aromatic heterocycles. The standard InChI is InChI=1S/C16H24N2.2C2H6/c1-5-8-11-13(4)15(17)12-16(18)14(9-6-2)10-7-3;2*1-2/h5-12,16H,2,17-18H2,1,3-4H3;2*1-2H3/b8-5-,10-7-,13-11+,14-9+,15-12-;;. The molecule has 0 aliphatic rings. The maximum Gasteiger partial charge on any atom is 0.0503 e. The van der Waals surface area contributed by atoms with Gasteiger partial charge in [-0.15, -0.1) is 0 Å². The highest BCUT2D eigenvalue weighted by atomic mass is 14.7. The second-order valence-electron chi connectivity index (χ2n) is 3.93. The van der Waals surface area contributed by atoms with Crippen LogP contribution in [0.5, 0.6) is 0 Å². The van der Waals surface area contributed by atoms with Crippen molar-refractivity contribution in [3.63, 3.8) is 0 Å². The summed E-state index contributed by atoms with van der Waals surface area (Å²) in [7, 11) is 0. The van der Waals surface area contributed by atoms with E-state index in [9.17, 15) is 0 Å². The molecule has 0 saturated heterocycles. The molecule has 0 saturated carbocycles. The Kier molecular flexibility index (Phi) is 22.0. The summed E-state index contributed by atoms with van der Waals surface area (Å²) in [4.78, 5) is 0. The molecule has 0 amide bonds. The van der Waals surface area contributed by atoms with Crippen molar-refractivity contribution in [1.29, 1.82) is 0 Å². The van der Waals surface area contributed by atoms with Gasteiger partial charge in [-0.05, 0) is 38.0 Å². The van der Waals surface area contributed by atoms with Crippen molar-refractivity contribution in [3.8, 4) is 0 Å². The minimum absolute atomic E-state index is 0.229. The lowest BCUT2D eigenvalue weighted by molar-refractivity contribution is 0.962. The summed E-state index contributed by atoms with van der Waals surface area (Å²) in [6, 6.07) is -0.229. The number of hydrogen-bond acceptors (Lipinski definition) is 2. The lowest BCUT2D eigenvalue weighted by Crippen LogP contribution is -2.21. The van der Waals surface area contributed by atoms with Gasteiger partial charge in [-0.1, -0.05) is 76.8 Å². The van der Waals surface area contributed by atoms with Crippen molar-refractivity contribution >= 4 is 0 Å². The van der Waals surface area contributed by atoms with Crippen LogP contribution >= 0.6 is 0 Å². The van der Waals surface area contributed by atoms with E-state index < -0.39 is 0 Å². The number of hydrogen-bond donors (Lipinski definition) is 2. The molecule has 0 aromatic carbocycles. The zero-order valence-corrected chi connectivity index (χ0v) is 15.6. The molecular weight excluding hydrogens is 268 g/mol. The predicted molar refractivity (Wildman–Crippen MR) is 105 cm³/mol. The summed E-state index contributed by atoms with van der Waals surface area (Å²) >= 11 is 0. The predicted octanol–water partition coefficient (Wildman–Crippen LogP) is 5.42. The molecule has 0 aliphatic carbocycles. The highest BCUT2D eigenvalue weighted by Crippen LogP contribution is 2.09. The molecule has 4 N–H and O–H groups in total. The smallest absolute Gasteiger partial charge is 0.0503 e. The molecule has 0 aliphatic heterocycles. The zero-order chi connectivity index (χ0) is 18.0. The lowest BCUT2D eigenvalue weighted by Gasteiger charge is -2.10. The average Bonchev–Trinajstić information content (AvgIpc) is 2.55. The number of rotatable bonds is 6. The summed E-state index contributed by atoms with van der Waals surface area (Å²) in [6.07, 6.45) is 15.2. The zero-order valence-electron chi connectivity index (χ0n) is 15.6. The molecule has 0 heterocycles. The molecule has 0 bridgehead atoms. The SMILES string of the molecule is C=C/C=C(\C=C/C)C(N)/C=C(N)/C(C)=C/C=C\C.CC.CC. The topological polar surface area (TPSA) is 52.0 Å². The molecule has 126 valence electrons. The van der Waals surface area contributed by atoms with Gasteiger partial charge in [0.05, 0.1) is 6.04 Å². The van der Waals surface area contributed by atoms with E-state index in [1.165, 1.54) is 0 Å². The Hall–Kier alpha value is -1.80. The van der Waals surface area contributed by atoms with Crippen LogP contribution in [0.15, 0.2) is 72.0 Å². The average molecular weight is 305 g/mol. The van der Waals surface area contributed by atoms with Gasteiger partial charge in [0.1, 0.15) is 0 Å². The van der Waals surface area contributed by atoms with Gasteiger partial charge in [0, 0.05) is 5.70 Å². The largest absolute Gasteiger partial charge is 0.399 e. The van der Waals surface area contributed by atoms with Crippen LogP contribution in [-0.2, 0) is 0 Å². The monoisotopic (exact) mass is 304 g/mol. The first-order chi connectivity index (χ1) is 10.6. The van der Waals surface area contributed by atoms with E-state index in [4.69, 9.17) is 11.5 Å². The number of allylic oxidation sites excluding steroid dienone is 7. The van der Waals surface area contributed by atoms with Crippen LogP contribution in [-0.4, -0.2) is 6.04 Å². The Bertz CT molecular complexity index is 407. The number of nitrogens with two attached hydrogens (primary N) is 2. The minimum atomic E-state index is -0.229. The maximum absolute atomic E-state index is 6.09. The van der Waals surface area contributed by atoms with Crippen molar-refractivity contribution in [3.05, 3.63) is 72.0 Å². The molecule has 0 fully saturated rings. The van der Waals surface area contributed by atoms with E-state index in [1.807, 2.05) is 91.0 Å². The van der Waals surface area contributed by atoms with Crippen LogP contribution < -0.4 is 11.5 Å². The maximum atomic E-state index is 6.09. The van der Waals surface area contributed by atoms with Crippen molar-refractivity contribution < 1.29 is 0 Å². The van der Waals surface area contributed by atoms with E-state index in [0.29, 0.717) is 5.70 Å². The van der Waals surface area contributed by atoms with Crippen molar-refractivity contribution in [1.82, 2.24) is 0 Å². The second-order valence-corrected chi connectivity index (χ2v) is 3.93. The third-order valence-electron chi connectivity index (χ3n) is 2.41. The quantitative estimate of drug-likeness (QED) is 0.644. The molecule has 0 rings (SSSR count). The molecule has 0 radical (unpaired) electrons. The van der Waals surface area contributed by atoms with E-state index in [2.05, 4.69) is 6.58 Å². The summed E-state index contributed by atoms with van der Waals surface area (Å²) < 4.78 is 0. The van der Waals surface area contributed by atoms with Gasteiger partial charge >= 0.3 is 0 Å². The first kappa shape index (κ1) is 25.2. The normalized spacial score (nSPS) is 14.1. The van der Waals surface area contributed by atoms with E-state index >= 15 is 0 Å². The Morgan fingerprint density at radius 3 is 1.95 bits per heavy atom. The van der Waals surface area contributed by atoms with E-state index in [-0.39, 0.29) is 6.04 Å². The van der Waals surface area contributed by atoms with E-state index in [0.717, 1.165) is 11.1 Å². The Morgan fingerprint density at radius 1 is 1.00 bits per heavy atom. The Balaban J connectivity index is -0.000000826. The second kappa shape index (κ2) is 19.2. The van der Waals surface area contributed by atoms with Crippen LogP contribution in [0.1, 0.15) is 48.5 Å². The van der Waals surface area contributed by atoms with Crippen LogP contribution in [0.3, 0.4) is 0 Å². The van der Waals surface area contributed by atoms with E-state index in [1.54, 1.807) is 6.08 Å². The fourth-order valence-electron chi connectivity index (χ4n) is 1.36. The van der Waals surface area contributed by atoms with Gasteiger partial charge in [0.2, 0.25) is 0 Å². The van der Waals surface area contributed by atoms with Gasteiger partial charge in [-0.25, -0.2) is 0 Å². The third kappa shape index (κ3) is 13.2. The summed E-state index contributed by atoms with van der Waals surface area (Å²) in [6.45, 7) is 17.6. The Morgan fingerprint density at radius 2 is 1.55 bits per heavy atom. The minimum Gasteiger partial charge on any atom is -0.399 e. The van der Waals surface area contributed by atoms with Gasteiger partial charge in [0.25, 0.3) is 0 Å². The van der Waals surface area contributed by atoms with Gasteiger partial charge < -0.3 is 11.5 Å². The summed E-state index contributed by atoms with van der Waals surface area (Å²) in [5.74, 6) is 0. The molecule has 1 atom stereocenters. The third-order valence-corrected chi connectivity index (χ3v) is 2.41. The molecule has 0 aromatic rings. The van der Waals surface area contributed by atoms with Crippen molar-refractivity contribution in [2.45, 2.75) is 54.5 Å². The van der Waals surface area contributed by atoms with Crippen LogP contribution in [0, 0.1) is 0 Å². The van der Waals surface area contributed by atoms with Crippen molar-refractivity contribution in [2.24, 2.45) is 11.5 Å². The first-order valence-electron chi connectivity index (χ1n) is 8.04. The van der Waals surface area contributed by atoms with Gasteiger partial charge in [0.15, 0.2) is 0 Å². The molecule has 1 unspecified atom stereocenters. The molecule has 0 spiro atoms. The summed E-state index contributed by atoms with van der Waals surface area (Å²) in [5.41, 5.74) is 14.8. The Labute approximate surface area is 138 Å². The fraction of sp³-hybridized carbons (Fsp3) is 0.400. The molecular formula is C20H36N2. The molecule has 2 nitrogen and oxygen atoms in total. The highest BCUT2D eigenvalue weighted by molar-refractivity contribution is 5.37. The lowest BCUT2D eigenvalue weighted by atomic mass is 10.0. The van der Waals surface area contributed by atoms with Crippen LogP contribution in [0.25, 0.3) is 0 Å². The van der Waals surface area contributed by atoms with Crippen LogP contribution in [0.2, 0.25) is 0 Å². The van der Waals surface area contributed by atoms with Crippen LogP contribution in [0.4, 0.5) is 0 Å². The highest BCUT2D eigenvalue weighted by Gasteiger charge is 2.04. The summed E-state index contributed by atoms with van der Waals surface area (Å²) in [5, 5.41) is 0. The van der Waals surface area contributed by atoms with Gasteiger partial charge in [-0.3, -0.25) is 0 Å².